The van der Waals surface area contributed by atoms with Crippen molar-refractivity contribution in [3.05, 3.63) is 53.3 Å². The summed E-state index contributed by atoms with van der Waals surface area (Å²) in [6.45, 7) is 4.99. The van der Waals surface area contributed by atoms with Crippen LogP contribution in [0.15, 0.2) is 36.7 Å². The molecule has 1 unspecified atom stereocenters. The van der Waals surface area contributed by atoms with Crippen LogP contribution in [-0.4, -0.2) is 25.7 Å². The smallest absolute Gasteiger partial charge is 0.137 e. The second-order valence-corrected chi connectivity index (χ2v) is 4.89. The standard InChI is InChI=1S/C17H22N2O2/c1-5-19-17(13-9-14(20-3)11-18-10-13)15-7-6-12(2)8-16(15)21-4/h6-11,17,19H,5H2,1-4H3. The van der Waals surface area contributed by atoms with E-state index in [2.05, 4.69) is 36.3 Å². The minimum atomic E-state index is 0.0214. The number of aromatic nitrogens is 1. The average Bonchev–Trinajstić information content (AvgIpc) is 2.53. The van der Waals surface area contributed by atoms with E-state index in [9.17, 15) is 0 Å². The van der Waals surface area contributed by atoms with Gasteiger partial charge in [0.05, 0.1) is 26.5 Å². The highest BCUT2D eigenvalue weighted by molar-refractivity contribution is 5.44. The van der Waals surface area contributed by atoms with E-state index in [0.717, 1.165) is 29.2 Å². The Balaban J connectivity index is 2.47. The number of hydrogen-bond acceptors (Lipinski definition) is 4. The molecule has 0 aliphatic rings. The highest BCUT2D eigenvalue weighted by Gasteiger charge is 2.18. The first-order chi connectivity index (χ1) is 10.2. The number of methoxy groups -OCH3 is 2. The van der Waals surface area contributed by atoms with Crippen molar-refractivity contribution in [2.45, 2.75) is 19.9 Å². The molecule has 112 valence electrons. The Hall–Kier alpha value is -2.07. The van der Waals surface area contributed by atoms with Crippen LogP contribution in [0.25, 0.3) is 0 Å². The monoisotopic (exact) mass is 286 g/mol. The minimum absolute atomic E-state index is 0.0214. The van der Waals surface area contributed by atoms with Crippen LogP contribution in [0.4, 0.5) is 0 Å². The van der Waals surface area contributed by atoms with Gasteiger partial charge in [-0.1, -0.05) is 19.1 Å². The van der Waals surface area contributed by atoms with E-state index in [-0.39, 0.29) is 6.04 Å². The molecule has 1 aromatic carbocycles. The van der Waals surface area contributed by atoms with E-state index in [1.807, 2.05) is 18.3 Å². The molecule has 1 N–H and O–H groups in total. The Labute approximate surface area is 126 Å². The molecule has 1 aromatic heterocycles. The van der Waals surface area contributed by atoms with Gasteiger partial charge in [-0.3, -0.25) is 4.98 Å². The molecule has 0 amide bonds. The molecular weight excluding hydrogens is 264 g/mol. The van der Waals surface area contributed by atoms with Gasteiger partial charge in [-0.15, -0.1) is 0 Å². The van der Waals surface area contributed by atoms with Crippen LogP contribution in [0.3, 0.4) is 0 Å². The van der Waals surface area contributed by atoms with E-state index in [0.29, 0.717) is 0 Å². The quantitative estimate of drug-likeness (QED) is 0.886. The number of rotatable bonds is 6. The van der Waals surface area contributed by atoms with Gasteiger partial charge in [0.25, 0.3) is 0 Å². The number of pyridine rings is 1. The Morgan fingerprint density at radius 1 is 1.14 bits per heavy atom. The summed E-state index contributed by atoms with van der Waals surface area (Å²) < 4.78 is 10.8. The van der Waals surface area contributed by atoms with Crippen LogP contribution >= 0.6 is 0 Å². The molecule has 0 fully saturated rings. The zero-order chi connectivity index (χ0) is 15.2. The van der Waals surface area contributed by atoms with Gasteiger partial charge in [-0.25, -0.2) is 0 Å². The van der Waals surface area contributed by atoms with Gasteiger partial charge in [-0.2, -0.15) is 0 Å². The van der Waals surface area contributed by atoms with Gasteiger partial charge in [0, 0.05) is 11.8 Å². The largest absolute Gasteiger partial charge is 0.496 e. The van der Waals surface area contributed by atoms with Gasteiger partial charge in [0.2, 0.25) is 0 Å². The molecule has 4 heteroatoms. The number of nitrogens with one attached hydrogen (secondary N) is 1. The minimum Gasteiger partial charge on any atom is -0.496 e. The Kier molecular flexibility index (Phi) is 5.17. The van der Waals surface area contributed by atoms with Crippen molar-refractivity contribution >= 4 is 0 Å². The van der Waals surface area contributed by atoms with Gasteiger partial charge >= 0.3 is 0 Å². The van der Waals surface area contributed by atoms with Crippen LogP contribution in [-0.2, 0) is 0 Å². The first-order valence-corrected chi connectivity index (χ1v) is 7.06. The van der Waals surface area contributed by atoms with Crippen LogP contribution in [0.1, 0.15) is 29.7 Å². The third-order valence-corrected chi connectivity index (χ3v) is 3.41. The third kappa shape index (κ3) is 3.52. The zero-order valence-corrected chi connectivity index (χ0v) is 13.0. The molecular formula is C17H22N2O2. The Morgan fingerprint density at radius 3 is 2.62 bits per heavy atom. The molecule has 1 atom stereocenters. The summed E-state index contributed by atoms with van der Waals surface area (Å²) >= 11 is 0. The van der Waals surface area contributed by atoms with Crippen molar-refractivity contribution in [1.29, 1.82) is 0 Å². The summed E-state index contributed by atoms with van der Waals surface area (Å²) in [4.78, 5) is 4.25. The van der Waals surface area contributed by atoms with Crippen molar-refractivity contribution in [2.75, 3.05) is 20.8 Å². The van der Waals surface area contributed by atoms with Crippen LogP contribution in [0, 0.1) is 6.92 Å². The van der Waals surface area contributed by atoms with Crippen molar-refractivity contribution in [3.8, 4) is 11.5 Å². The molecule has 0 saturated carbocycles. The van der Waals surface area contributed by atoms with E-state index >= 15 is 0 Å². The summed E-state index contributed by atoms with van der Waals surface area (Å²) in [6, 6.07) is 8.26. The van der Waals surface area contributed by atoms with Crippen LogP contribution < -0.4 is 14.8 Å². The SMILES string of the molecule is CCNC(c1cncc(OC)c1)c1ccc(C)cc1OC. The molecule has 2 aromatic rings. The molecule has 2 rings (SSSR count). The molecule has 1 heterocycles. The number of benzene rings is 1. The molecule has 0 aliphatic heterocycles. The normalized spacial score (nSPS) is 12.0. The van der Waals surface area contributed by atoms with Crippen molar-refractivity contribution in [2.24, 2.45) is 0 Å². The van der Waals surface area contributed by atoms with Crippen LogP contribution in [0.5, 0.6) is 11.5 Å². The van der Waals surface area contributed by atoms with Crippen molar-refractivity contribution in [1.82, 2.24) is 10.3 Å². The summed E-state index contributed by atoms with van der Waals surface area (Å²) in [7, 11) is 3.35. The summed E-state index contributed by atoms with van der Waals surface area (Å²) in [5.41, 5.74) is 3.33. The number of ether oxygens (including phenoxy) is 2. The lowest BCUT2D eigenvalue weighted by atomic mass is 9.97. The fourth-order valence-electron chi connectivity index (χ4n) is 2.37. The summed E-state index contributed by atoms with van der Waals surface area (Å²) in [6.07, 6.45) is 3.56. The van der Waals surface area contributed by atoms with Crippen LogP contribution in [0.2, 0.25) is 0 Å². The molecule has 0 saturated heterocycles. The highest BCUT2D eigenvalue weighted by atomic mass is 16.5. The van der Waals surface area contributed by atoms with Gasteiger partial charge in [0.1, 0.15) is 11.5 Å². The van der Waals surface area contributed by atoms with E-state index in [4.69, 9.17) is 9.47 Å². The predicted octanol–water partition coefficient (Wildman–Crippen LogP) is 3.11. The Morgan fingerprint density at radius 2 is 1.95 bits per heavy atom. The number of aryl methyl sites for hydroxylation is 1. The van der Waals surface area contributed by atoms with Crippen molar-refractivity contribution < 1.29 is 9.47 Å². The molecule has 0 bridgehead atoms. The predicted molar refractivity (Wildman–Crippen MR) is 84.0 cm³/mol. The molecule has 0 radical (unpaired) electrons. The maximum absolute atomic E-state index is 5.54. The maximum atomic E-state index is 5.54. The topological polar surface area (TPSA) is 43.4 Å². The lowest BCUT2D eigenvalue weighted by Gasteiger charge is -2.21. The lowest BCUT2D eigenvalue weighted by molar-refractivity contribution is 0.402. The highest BCUT2D eigenvalue weighted by Crippen LogP contribution is 2.31. The molecule has 0 aliphatic carbocycles. The van der Waals surface area contributed by atoms with Gasteiger partial charge in [-0.05, 0) is 36.7 Å². The third-order valence-electron chi connectivity index (χ3n) is 3.41. The summed E-state index contributed by atoms with van der Waals surface area (Å²) in [5, 5.41) is 3.49. The first kappa shape index (κ1) is 15.3. The molecule has 21 heavy (non-hydrogen) atoms. The second-order valence-electron chi connectivity index (χ2n) is 4.89. The van der Waals surface area contributed by atoms with Crippen molar-refractivity contribution in [3.63, 3.8) is 0 Å². The van der Waals surface area contributed by atoms with E-state index < -0.39 is 0 Å². The van der Waals surface area contributed by atoms with Gasteiger partial charge < -0.3 is 14.8 Å². The fourth-order valence-corrected chi connectivity index (χ4v) is 2.37. The molecule has 0 spiro atoms. The van der Waals surface area contributed by atoms with E-state index in [1.165, 1.54) is 5.56 Å². The van der Waals surface area contributed by atoms with Gasteiger partial charge in [0.15, 0.2) is 0 Å². The number of hydrogen-bond donors (Lipinski definition) is 1. The average molecular weight is 286 g/mol. The zero-order valence-electron chi connectivity index (χ0n) is 13.0. The number of nitrogens with zero attached hydrogens (tertiary/aromatic N) is 1. The lowest BCUT2D eigenvalue weighted by Crippen LogP contribution is -2.22. The summed E-state index contributed by atoms with van der Waals surface area (Å²) in [5.74, 6) is 1.63. The maximum Gasteiger partial charge on any atom is 0.137 e. The first-order valence-electron chi connectivity index (χ1n) is 7.06. The fraction of sp³-hybridized carbons (Fsp3) is 0.353. The second kappa shape index (κ2) is 7.09. The Bertz CT molecular complexity index is 599. The molecule has 4 nitrogen and oxygen atoms in total. The van der Waals surface area contributed by atoms with E-state index in [1.54, 1.807) is 20.4 Å².